The van der Waals surface area contributed by atoms with Crippen LogP contribution in [0.3, 0.4) is 0 Å². The summed E-state index contributed by atoms with van der Waals surface area (Å²) in [6.45, 7) is 8.56. The van der Waals surface area contributed by atoms with Gasteiger partial charge in [-0.15, -0.1) is 0 Å². The Morgan fingerprint density at radius 1 is 1.10 bits per heavy atom. The van der Waals surface area contributed by atoms with Gasteiger partial charge < -0.3 is 14.8 Å². The van der Waals surface area contributed by atoms with E-state index < -0.39 is 5.91 Å². The number of pyridine rings is 1. The number of ether oxygens (including phenoxy) is 2. The molecule has 1 aromatic carbocycles. The summed E-state index contributed by atoms with van der Waals surface area (Å²) in [7, 11) is 0. The van der Waals surface area contributed by atoms with Crippen LogP contribution in [0.1, 0.15) is 35.7 Å². The molecule has 0 aliphatic carbocycles. The van der Waals surface area contributed by atoms with E-state index in [0.29, 0.717) is 36.2 Å². The van der Waals surface area contributed by atoms with Crippen molar-refractivity contribution >= 4 is 23.2 Å². The summed E-state index contributed by atoms with van der Waals surface area (Å²) in [6, 6.07) is 10.5. The van der Waals surface area contributed by atoms with Crippen LogP contribution in [0, 0.1) is 13.8 Å². The van der Waals surface area contributed by atoms with Gasteiger partial charge in [0, 0.05) is 11.8 Å². The van der Waals surface area contributed by atoms with Gasteiger partial charge in [0.15, 0.2) is 5.82 Å². The molecule has 0 saturated carbocycles. The number of benzene rings is 1. The highest BCUT2D eigenvalue weighted by atomic mass is 35.5. The molecule has 2 aromatic heterocycles. The van der Waals surface area contributed by atoms with Crippen molar-refractivity contribution in [3.63, 3.8) is 0 Å². The van der Waals surface area contributed by atoms with Crippen LogP contribution in [0.2, 0.25) is 5.02 Å². The molecule has 1 amide bonds. The highest BCUT2D eigenvalue weighted by Crippen LogP contribution is 2.30. The summed E-state index contributed by atoms with van der Waals surface area (Å²) in [6.07, 6.45) is 0. The van der Waals surface area contributed by atoms with E-state index in [9.17, 15) is 4.79 Å². The molecule has 3 rings (SSSR count). The maximum absolute atomic E-state index is 13.0. The van der Waals surface area contributed by atoms with Gasteiger partial charge in [0.25, 0.3) is 5.91 Å². The van der Waals surface area contributed by atoms with E-state index in [1.807, 2.05) is 33.8 Å². The lowest BCUT2D eigenvalue weighted by Crippen LogP contribution is -2.17. The first-order chi connectivity index (χ1) is 13.9. The number of aromatic nitrogens is 3. The Balaban J connectivity index is 1.94. The van der Waals surface area contributed by atoms with Crippen molar-refractivity contribution in [2.45, 2.75) is 27.7 Å². The van der Waals surface area contributed by atoms with Crippen molar-refractivity contribution in [1.82, 2.24) is 14.8 Å². The summed E-state index contributed by atoms with van der Waals surface area (Å²) in [5, 5.41) is 7.48. The Hall–Kier alpha value is -3.06. The zero-order chi connectivity index (χ0) is 21.0. The van der Waals surface area contributed by atoms with Crippen LogP contribution in [-0.2, 0) is 0 Å². The molecular weight excluding hydrogens is 392 g/mol. The Labute approximate surface area is 174 Å². The zero-order valence-electron chi connectivity index (χ0n) is 16.8. The van der Waals surface area contributed by atoms with Crippen molar-refractivity contribution in [3.8, 4) is 17.3 Å². The summed E-state index contributed by atoms with van der Waals surface area (Å²) in [5.74, 6) is 1.23. The van der Waals surface area contributed by atoms with E-state index in [1.54, 1.807) is 35.0 Å². The van der Waals surface area contributed by atoms with Crippen molar-refractivity contribution in [1.29, 1.82) is 0 Å². The summed E-state index contributed by atoms with van der Waals surface area (Å²) in [4.78, 5) is 17.4. The third-order valence-electron chi connectivity index (χ3n) is 4.08. The maximum Gasteiger partial charge on any atom is 0.276 e. The summed E-state index contributed by atoms with van der Waals surface area (Å²) < 4.78 is 12.8. The Morgan fingerprint density at radius 3 is 2.52 bits per heavy atom. The fourth-order valence-electron chi connectivity index (χ4n) is 2.90. The van der Waals surface area contributed by atoms with Crippen LogP contribution in [0.5, 0.6) is 11.5 Å². The van der Waals surface area contributed by atoms with Crippen molar-refractivity contribution < 1.29 is 14.3 Å². The van der Waals surface area contributed by atoms with Crippen LogP contribution in [0.15, 0.2) is 36.4 Å². The minimum absolute atomic E-state index is 0.0981. The van der Waals surface area contributed by atoms with Crippen LogP contribution < -0.4 is 14.8 Å². The minimum atomic E-state index is -0.451. The highest BCUT2D eigenvalue weighted by Gasteiger charge is 2.18. The van der Waals surface area contributed by atoms with Gasteiger partial charge in [0.05, 0.1) is 29.6 Å². The molecule has 0 bridgehead atoms. The van der Waals surface area contributed by atoms with Crippen LogP contribution in [0.25, 0.3) is 5.82 Å². The standard InChI is InChI=1S/C21H23ClN4O3/c1-5-28-15-7-9-18(29-6-2)17(12-15)23-21(27)20-16(22)8-10-19(24-20)26-14(4)11-13(3)25-26/h7-12H,5-6H2,1-4H3,(H,23,27). The lowest BCUT2D eigenvalue weighted by Gasteiger charge is -2.14. The number of anilines is 1. The third kappa shape index (κ3) is 4.68. The molecule has 0 unspecified atom stereocenters. The molecule has 29 heavy (non-hydrogen) atoms. The SMILES string of the molecule is CCOc1ccc(OCC)c(NC(=O)c2nc(-n3nc(C)cc3C)ccc2Cl)c1. The fourth-order valence-corrected chi connectivity index (χ4v) is 3.09. The number of carbonyl (C=O) groups is 1. The van der Waals surface area contributed by atoms with Gasteiger partial charge in [-0.05, 0) is 58.0 Å². The number of halogens is 1. The summed E-state index contributed by atoms with van der Waals surface area (Å²) >= 11 is 6.26. The van der Waals surface area contributed by atoms with E-state index in [-0.39, 0.29) is 10.7 Å². The first-order valence-corrected chi connectivity index (χ1v) is 9.71. The van der Waals surface area contributed by atoms with Gasteiger partial charge in [0.2, 0.25) is 0 Å². The molecule has 0 atom stereocenters. The van der Waals surface area contributed by atoms with E-state index in [2.05, 4.69) is 15.4 Å². The molecule has 2 heterocycles. The van der Waals surface area contributed by atoms with Crippen molar-refractivity contribution in [3.05, 3.63) is 58.5 Å². The average Bonchev–Trinajstić information content (AvgIpc) is 3.02. The van der Waals surface area contributed by atoms with Gasteiger partial charge in [-0.25, -0.2) is 9.67 Å². The summed E-state index contributed by atoms with van der Waals surface area (Å²) in [5.41, 5.74) is 2.35. The zero-order valence-corrected chi connectivity index (χ0v) is 17.6. The molecule has 3 aromatic rings. The molecule has 152 valence electrons. The van der Waals surface area contributed by atoms with Gasteiger partial charge in [-0.2, -0.15) is 5.10 Å². The van der Waals surface area contributed by atoms with Gasteiger partial charge in [-0.1, -0.05) is 11.6 Å². The molecule has 0 spiro atoms. The third-order valence-corrected chi connectivity index (χ3v) is 4.39. The first-order valence-electron chi connectivity index (χ1n) is 9.34. The molecular formula is C21H23ClN4O3. The van der Waals surface area contributed by atoms with Crippen molar-refractivity contribution in [2.24, 2.45) is 0 Å². The molecule has 0 saturated heterocycles. The number of hydrogen-bond acceptors (Lipinski definition) is 5. The normalized spacial score (nSPS) is 10.7. The van der Waals surface area contributed by atoms with Crippen molar-refractivity contribution in [2.75, 3.05) is 18.5 Å². The number of carbonyl (C=O) groups excluding carboxylic acids is 1. The lowest BCUT2D eigenvalue weighted by atomic mass is 10.2. The maximum atomic E-state index is 13.0. The van der Waals surface area contributed by atoms with Crippen LogP contribution >= 0.6 is 11.6 Å². The number of hydrogen-bond donors (Lipinski definition) is 1. The molecule has 8 heteroatoms. The topological polar surface area (TPSA) is 78.3 Å². The quantitative estimate of drug-likeness (QED) is 0.611. The van der Waals surface area contributed by atoms with Gasteiger partial charge in [-0.3, -0.25) is 4.79 Å². The number of rotatable bonds is 7. The second-order valence-electron chi connectivity index (χ2n) is 6.32. The molecule has 1 N–H and O–H groups in total. The Morgan fingerprint density at radius 2 is 1.86 bits per heavy atom. The van der Waals surface area contributed by atoms with E-state index in [0.717, 1.165) is 11.4 Å². The van der Waals surface area contributed by atoms with E-state index in [1.165, 1.54) is 0 Å². The molecule has 0 aliphatic rings. The lowest BCUT2D eigenvalue weighted by molar-refractivity contribution is 0.102. The van der Waals surface area contributed by atoms with E-state index in [4.69, 9.17) is 21.1 Å². The minimum Gasteiger partial charge on any atom is -0.494 e. The highest BCUT2D eigenvalue weighted by molar-refractivity contribution is 6.34. The largest absolute Gasteiger partial charge is 0.494 e. The van der Waals surface area contributed by atoms with Crippen LogP contribution in [-0.4, -0.2) is 33.9 Å². The Kier molecular flexibility index (Phi) is 6.39. The van der Waals surface area contributed by atoms with Gasteiger partial charge >= 0.3 is 0 Å². The second kappa shape index (κ2) is 8.96. The molecule has 0 fully saturated rings. The van der Waals surface area contributed by atoms with E-state index >= 15 is 0 Å². The van der Waals surface area contributed by atoms with Crippen LogP contribution in [0.4, 0.5) is 5.69 Å². The first kappa shape index (κ1) is 20.7. The predicted octanol–water partition coefficient (Wildman–Crippen LogP) is 4.59. The Bertz CT molecular complexity index is 1030. The molecule has 7 nitrogen and oxygen atoms in total. The average molecular weight is 415 g/mol. The number of aryl methyl sites for hydroxylation is 2. The predicted molar refractivity (Wildman–Crippen MR) is 113 cm³/mol. The number of nitrogens with one attached hydrogen (secondary N) is 1. The molecule has 0 aliphatic heterocycles. The fraction of sp³-hybridized carbons (Fsp3) is 0.286. The monoisotopic (exact) mass is 414 g/mol. The number of nitrogens with zero attached hydrogens (tertiary/aromatic N) is 3. The second-order valence-corrected chi connectivity index (χ2v) is 6.72. The molecule has 0 radical (unpaired) electrons. The van der Waals surface area contributed by atoms with Gasteiger partial charge in [0.1, 0.15) is 17.2 Å². The number of amides is 1. The smallest absolute Gasteiger partial charge is 0.276 e.